The maximum Gasteiger partial charge on any atom is 0.416 e. The molecule has 1 saturated heterocycles. The van der Waals surface area contributed by atoms with Gasteiger partial charge >= 0.3 is 6.18 Å². The molecule has 5 rings (SSSR count). The second-order valence-electron chi connectivity index (χ2n) is 9.20. The molecule has 2 aromatic carbocycles. The molecule has 0 atom stereocenters. The van der Waals surface area contributed by atoms with Gasteiger partial charge in [-0.05, 0) is 60.4 Å². The number of anilines is 1. The fourth-order valence-corrected chi connectivity index (χ4v) is 4.61. The Balaban J connectivity index is 1.37. The summed E-state index contributed by atoms with van der Waals surface area (Å²) < 4.78 is 43.3. The zero-order valence-corrected chi connectivity index (χ0v) is 21.7. The zero-order valence-electron chi connectivity index (χ0n) is 20.9. The van der Waals surface area contributed by atoms with Gasteiger partial charge in [-0.1, -0.05) is 35.7 Å². The predicted molar refractivity (Wildman–Crippen MR) is 143 cm³/mol. The van der Waals surface area contributed by atoms with Gasteiger partial charge in [0.15, 0.2) is 5.65 Å². The van der Waals surface area contributed by atoms with Crippen LogP contribution in [0.3, 0.4) is 0 Å². The molecule has 1 fully saturated rings. The maximum atomic E-state index is 13.9. The van der Waals surface area contributed by atoms with E-state index in [1.165, 1.54) is 12.1 Å². The first-order valence-electron chi connectivity index (χ1n) is 12.3. The molecule has 1 aliphatic rings. The molecule has 2 aromatic heterocycles. The summed E-state index contributed by atoms with van der Waals surface area (Å²) in [4.78, 5) is 15.0. The van der Waals surface area contributed by atoms with E-state index in [1.54, 1.807) is 40.8 Å². The molecule has 1 aliphatic heterocycles. The molecule has 2 N–H and O–H groups in total. The highest BCUT2D eigenvalue weighted by molar-refractivity contribution is 6.29. The first kappa shape index (κ1) is 26.7. The van der Waals surface area contributed by atoms with Gasteiger partial charge in [0.1, 0.15) is 5.15 Å². The minimum absolute atomic E-state index is 0.0640. The molecular formula is C28H24ClF3N6O. The molecule has 7 nitrogen and oxygen atoms in total. The van der Waals surface area contributed by atoms with Gasteiger partial charge in [-0.15, -0.1) is 10.2 Å². The lowest BCUT2D eigenvalue weighted by Crippen LogP contribution is -2.43. The standard InChI is InChI=1S/C28H24ClF3N6O/c1-18-5-6-20(15-19(18)8-10-26-36-35-25-4-2-3-24(29)38(25)26)27(39)34-22-9-7-21(23(16-22)28(30,31)32)17-37-13-11-33-12-14-37/h2-7,9,15-16,33H,11-14,17H2,1H3,(H,34,39). The Kier molecular flexibility index (Phi) is 7.57. The van der Waals surface area contributed by atoms with Crippen LogP contribution in [-0.4, -0.2) is 51.6 Å². The molecule has 0 saturated carbocycles. The zero-order chi connectivity index (χ0) is 27.6. The van der Waals surface area contributed by atoms with Gasteiger partial charge in [0.05, 0.1) is 5.56 Å². The number of rotatable bonds is 4. The van der Waals surface area contributed by atoms with E-state index in [4.69, 9.17) is 11.6 Å². The predicted octanol–water partition coefficient (Wildman–Crippen LogP) is 4.77. The number of hydrogen-bond donors (Lipinski definition) is 2. The van der Waals surface area contributed by atoms with Gasteiger partial charge in [0.2, 0.25) is 5.82 Å². The lowest BCUT2D eigenvalue weighted by Gasteiger charge is -2.28. The highest BCUT2D eigenvalue weighted by Crippen LogP contribution is 2.34. The van der Waals surface area contributed by atoms with Gasteiger partial charge < -0.3 is 10.6 Å². The number of aromatic nitrogens is 3. The van der Waals surface area contributed by atoms with E-state index in [0.717, 1.165) is 24.7 Å². The first-order valence-corrected chi connectivity index (χ1v) is 12.6. The third-order valence-corrected chi connectivity index (χ3v) is 6.76. The van der Waals surface area contributed by atoms with Crippen molar-refractivity contribution in [3.05, 3.63) is 93.4 Å². The molecule has 200 valence electrons. The van der Waals surface area contributed by atoms with Crippen LogP contribution in [0.1, 0.15) is 38.4 Å². The Morgan fingerprint density at radius 1 is 1.08 bits per heavy atom. The van der Waals surface area contributed by atoms with Crippen molar-refractivity contribution in [1.82, 2.24) is 24.8 Å². The Morgan fingerprint density at radius 2 is 1.87 bits per heavy atom. The van der Waals surface area contributed by atoms with E-state index in [9.17, 15) is 18.0 Å². The van der Waals surface area contributed by atoms with Crippen molar-refractivity contribution in [3.63, 3.8) is 0 Å². The molecular weight excluding hydrogens is 529 g/mol. The van der Waals surface area contributed by atoms with E-state index in [0.29, 0.717) is 35.3 Å². The smallest absolute Gasteiger partial charge is 0.322 e. The van der Waals surface area contributed by atoms with Crippen LogP contribution < -0.4 is 10.6 Å². The lowest BCUT2D eigenvalue weighted by molar-refractivity contribution is -0.138. The molecule has 39 heavy (non-hydrogen) atoms. The fourth-order valence-electron chi connectivity index (χ4n) is 4.37. The van der Waals surface area contributed by atoms with E-state index in [2.05, 4.69) is 32.7 Å². The third-order valence-electron chi connectivity index (χ3n) is 6.47. The van der Waals surface area contributed by atoms with E-state index >= 15 is 0 Å². The van der Waals surface area contributed by atoms with Crippen molar-refractivity contribution >= 4 is 28.8 Å². The topological polar surface area (TPSA) is 74.6 Å². The van der Waals surface area contributed by atoms with Crippen LogP contribution in [0.5, 0.6) is 0 Å². The molecule has 0 bridgehead atoms. The number of pyridine rings is 1. The summed E-state index contributed by atoms with van der Waals surface area (Å²) in [5, 5.41) is 14.3. The second-order valence-corrected chi connectivity index (χ2v) is 9.58. The molecule has 11 heteroatoms. The van der Waals surface area contributed by atoms with Crippen molar-refractivity contribution in [2.75, 3.05) is 31.5 Å². The Bertz CT molecular complexity index is 1600. The highest BCUT2D eigenvalue weighted by atomic mass is 35.5. The summed E-state index contributed by atoms with van der Waals surface area (Å²) in [6, 6.07) is 14.0. The highest BCUT2D eigenvalue weighted by Gasteiger charge is 2.34. The summed E-state index contributed by atoms with van der Waals surface area (Å²) in [6.45, 7) is 4.86. The molecule has 0 aliphatic carbocycles. The summed E-state index contributed by atoms with van der Waals surface area (Å²) in [5.41, 5.74) is 1.67. The maximum absolute atomic E-state index is 13.9. The summed E-state index contributed by atoms with van der Waals surface area (Å²) in [6.07, 6.45) is -4.55. The number of nitrogens with one attached hydrogen (secondary N) is 2. The number of amides is 1. The number of alkyl halides is 3. The first-order chi connectivity index (χ1) is 18.7. The molecule has 0 unspecified atom stereocenters. The Labute approximate surface area is 228 Å². The van der Waals surface area contributed by atoms with Gasteiger partial charge in [-0.25, -0.2) is 0 Å². The largest absolute Gasteiger partial charge is 0.416 e. The van der Waals surface area contributed by atoms with Crippen LogP contribution in [0.2, 0.25) is 5.15 Å². The molecule has 4 aromatic rings. The summed E-state index contributed by atoms with van der Waals surface area (Å²) >= 11 is 6.25. The van der Waals surface area contributed by atoms with Gasteiger partial charge in [-0.3, -0.25) is 14.1 Å². The number of piperazine rings is 1. The normalized spacial score (nSPS) is 14.2. The number of nitrogens with zero attached hydrogens (tertiary/aromatic N) is 4. The van der Waals surface area contributed by atoms with Crippen LogP contribution in [0.15, 0.2) is 54.6 Å². The van der Waals surface area contributed by atoms with E-state index in [-0.39, 0.29) is 23.4 Å². The SMILES string of the molecule is Cc1ccc(C(=O)Nc2ccc(CN3CCNCC3)c(C(F)(F)F)c2)cc1C#Cc1nnc2cccc(Cl)n12. The average Bonchev–Trinajstić information content (AvgIpc) is 3.33. The van der Waals surface area contributed by atoms with E-state index < -0.39 is 17.6 Å². The van der Waals surface area contributed by atoms with Crippen molar-refractivity contribution < 1.29 is 18.0 Å². The van der Waals surface area contributed by atoms with Crippen molar-refractivity contribution in [2.24, 2.45) is 0 Å². The average molecular weight is 553 g/mol. The molecule has 3 heterocycles. The number of fused-ring (bicyclic) bond motifs is 1. The van der Waals surface area contributed by atoms with Crippen molar-refractivity contribution in [1.29, 1.82) is 0 Å². The van der Waals surface area contributed by atoms with Crippen LogP contribution in [0.25, 0.3) is 5.65 Å². The lowest BCUT2D eigenvalue weighted by atomic mass is 10.0. The minimum Gasteiger partial charge on any atom is -0.322 e. The van der Waals surface area contributed by atoms with Crippen LogP contribution in [0, 0.1) is 18.8 Å². The molecule has 1 amide bonds. The van der Waals surface area contributed by atoms with Gasteiger partial charge in [-0.2, -0.15) is 13.2 Å². The van der Waals surface area contributed by atoms with Crippen LogP contribution in [0.4, 0.5) is 18.9 Å². The fraction of sp³-hybridized carbons (Fsp3) is 0.250. The number of halogens is 4. The Hall–Kier alpha value is -3.91. The number of carbonyl (C=O) groups excluding carboxylic acids is 1. The second kappa shape index (κ2) is 11.1. The monoisotopic (exact) mass is 552 g/mol. The quantitative estimate of drug-likeness (QED) is 0.282. The molecule has 0 spiro atoms. The number of aryl methyl sites for hydroxylation is 1. The van der Waals surface area contributed by atoms with Crippen molar-refractivity contribution in [3.8, 4) is 11.8 Å². The van der Waals surface area contributed by atoms with E-state index in [1.807, 2.05) is 11.8 Å². The summed E-state index contributed by atoms with van der Waals surface area (Å²) in [7, 11) is 0. The Morgan fingerprint density at radius 3 is 2.64 bits per heavy atom. The molecule has 0 radical (unpaired) electrons. The number of hydrogen-bond acceptors (Lipinski definition) is 5. The van der Waals surface area contributed by atoms with Crippen molar-refractivity contribution in [2.45, 2.75) is 19.6 Å². The number of benzene rings is 2. The summed E-state index contributed by atoms with van der Waals surface area (Å²) in [5.74, 6) is 5.73. The van der Waals surface area contributed by atoms with Crippen LogP contribution in [-0.2, 0) is 12.7 Å². The van der Waals surface area contributed by atoms with Gasteiger partial charge in [0.25, 0.3) is 5.91 Å². The van der Waals surface area contributed by atoms with Crippen LogP contribution >= 0.6 is 11.6 Å². The third kappa shape index (κ3) is 6.06. The minimum atomic E-state index is -4.55. The number of carbonyl (C=O) groups is 1. The van der Waals surface area contributed by atoms with Gasteiger partial charge in [0, 0.05) is 49.5 Å².